The molecule has 0 saturated carbocycles. The second-order valence-corrected chi connectivity index (χ2v) is 3.95. The van der Waals surface area contributed by atoms with Gasteiger partial charge < -0.3 is 11.1 Å². The standard InChI is InChI=1S/C11H16N6O/c1-2-16-6-9(4-14-16)3-13-11(18)8-17-7-10(12)5-15-17/h4-7H,2-3,8,12H2,1H3,(H,13,18). The third-order valence-electron chi connectivity index (χ3n) is 2.46. The van der Waals surface area contributed by atoms with E-state index >= 15 is 0 Å². The topological polar surface area (TPSA) is 90.8 Å². The molecular formula is C11H16N6O. The maximum atomic E-state index is 11.6. The molecule has 96 valence electrons. The summed E-state index contributed by atoms with van der Waals surface area (Å²) in [5.41, 5.74) is 7.04. The highest BCUT2D eigenvalue weighted by Crippen LogP contribution is 1.99. The van der Waals surface area contributed by atoms with Gasteiger partial charge in [0.05, 0.1) is 18.1 Å². The van der Waals surface area contributed by atoms with Crippen molar-refractivity contribution in [3.8, 4) is 0 Å². The lowest BCUT2D eigenvalue weighted by molar-refractivity contribution is -0.122. The van der Waals surface area contributed by atoms with Crippen molar-refractivity contribution < 1.29 is 4.79 Å². The highest BCUT2D eigenvalue weighted by Gasteiger charge is 2.04. The maximum absolute atomic E-state index is 11.6. The van der Waals surface area contributed by atoms with Gasteiger partial charge in [0, 0.05) is 31.0 Å². The highest BCUT2D eigenvalue weighted by molar-refractivity contribution is 5.75. The molecule has 0 aliphatic rings. The fourth-order valence-corrected chi connectivity index (χ4v) is 1.54. The minimum absolute atomic E-state index is 0.109. The molecule has 2 aromatic rings. The third-order valence-corrected chi connectivity index (χ3v) is 2.46. The van der Waals surface area contributed by atoms with Crippen LogP contribution in [0.3, 0.4) is 0 Å². The van der Waals surface area contributed by atoms with E-state index in [0.717, 1.165) is 12.1 Å². The van der Waals surface area contributed by atoms with Crippen LogP contribution in [0.4, 0.5) is 5.69 Å². The molecule has 0 spiro atoms. The quantitative estimate of drug-likeness (QED) is 0.779. The molecule has 1 amide bonds. The van der Waals surface area contributed by atoms with E-state index in [4.69, 9.17) is 5.73 Å². The Labute approximate surface area is 105 Å². The fraction of sp³-hybridized carbons (Fsp3) is 0.364. The van der Waals surface area contributed by atoms with Crippen molar-refractivity contribution in [1.29, 1.82) is 0 Å². The second kappa shape index (κ2) is 5.35. The second-order valence-electron chi connectivity index (χ2n) is 3.95. The zero-order valence-corrected chi connectivity index (χ0v) is 10.2. The number of nitrogen functional groups attached to an aromatic ring is 1. The molecule has 0 saturated heterocycles. The van der Waals surface area contributed by atoms with E-state index in [1.54, 1.807) is 12.4 Å². The first-order valence-electron chi connectivity index (χ1n) is 5.73. The van der Waals surface area contributed by atoms with Gasteiger partial charge in [-0.3, -0.25) is 14.2 Å². The highest BCUT2D eigenvalue weighted by atomic mass is 16.2. The van der Waals surface area contributed by atoms with Crippen LogP contribution in [-0.4, -0.2) is 25.5 Å². The minimum Gasteiger partial charge on any atom is -0.396 e. The van der Waals surface area contributed by atoms with Gasteiger partial charge >= 0.3 is 0 Å². The maximum Gasteiger partial charge on any atom is 0.242 e. The van der Waals surface area contributed by atoms with Crippen LogP contribution in [-0.2, 0) is 24.4 Å². The molecule has 7 nitrogen and oxygen atoms in total. The fourth-order valence-electron chi connectivity index (χ4n) is 1.54. The number of nitrogens with zero attached hydrogens (tertiary/aromatic N) is 4. The first kappa shape index (κ1) is 12.2. The van der Waals surface area contributed by atoms with E-state index in [1.807, 2.05) is 17.8 Å². The van der Waals surface area contributed by atoms with Crippen LogP contribution in [0.5, 0.6) is 0 Å². The van der Waals surface area contributed by atoms with Crippen molar-refractivity contribution >= 4 is 11.6 Å². The number of amides is 1. The molecule has 2 heterocycles. The van der Waals surface area contributed by atoms with Gasteiger partial charge in [-0.1, -0.05) is 0 Å². The van der Waals surface area contributed by atoms with Gasteiger partial charge in [-0.05, 0) is 6.92 Å². The Morgan fingerprint density at radius 2 is 2.11 bits per heavy atom. The number of nitrogens with one attached hydrogen (secondary N) is 1. The SMILES string of the molecule is CCn1cc(CNC(=O)Cn2cc(N)cn2)cn1. The number of carbonyl (C=O) groups is 1. The van der Waals surface area contributed by atoms with Crippen LogP contribution in [0, 0.1) is 0 Å². The van der Waals surface area contributed by atoms with Crippen LogP contribution >= 0.6 is 0 Å². The van der Waals surface area contributed by atoms with Gasteiger partial charge in [-0.15, -0.1) is 0 Å². The van der Waals surface area contributed by atoms with E-state index in [9.17, 15) is 4.79 Å². The number of hydrogen-bond acceptors (Lipinski definition) is 4. The molecule has 0 bridgehead atoms. The molecule has 2 aromatic heterocycles. The summed E-state index contributed by atoms with van der Waals surface area (Å²) in [4.78, 5) is 11.6. The van der Waals surface area contributed by atoms with Gasteiger partial charge in [-0.25, -0.2) is 0 Å². The lowest BCUT2D eigenvalue weighted by Gasteiger charge is -2.03. The molecule has 0 aromatic carbocycles. The molecule has 0 aliphatic carbocycles. The van der Waals surface area contributed by atoms with Crippen molar-refractivity contribution in [3.05, 3.63) is 30.4 Å². The van der Waals surface area contributed by atoms with Gasteiger partial charge in [-0.2, -0.15) is 10.2 Å². The van der Waals surface area contributed by atoms with Gasteiger partial charge in [0.1, 0.15) is 6.54 Å². The summed E-state index contributed by atoms with van der Waals surface area (Å²) in [6, 6.07) is 0. The summed E-state index contributed by atoms with van der Waals surface area (Å²) >= 11 is 0. The van der Waals surface area contributed by atoms with Gasteiger partial charge in [0.2, 0.25) is 5.91 Å². The van der Waals surface area contributed by atoms with Crippen LogP contribution in [0.1, 0.15) is 12.5 Å². The van der Waals surface area contributed by atoms with E-state index < -0.39 is 0 Å². The van der Waals surface area contributed by atoms with E-state index in [-0.39, 0.29) is 12.5 Å². The van der Waals surface area contributed by atoms with Crippen molar-refractivity contribution in [3.63, 3.8) is 0 Å². The Bertz CT molecular complexity index is 529. The van der Waals surface area contributed by atoms with Crippen LogP contribution in [0.15, 0.2) is 24.8 Å². The Kier molecular flexibility index (Phi) is 3.61. The third kappa shape index (κ3) is 3.09. The normalized spacial score (nSPS) is 10.5. The van der Waals surface area contributed by atoms with Crippen molar-refractivity contribution in [2.45, 2.75) is 26.6 Å². The Hall–Kier alpha value is -2.31. The molecule has 2 rings (SSSR count). The molecule has 0 radical (unpaired) electrons. The Morgan fingerprint density at radius 3 is 2.72 bits per heavy atom. The van der Waals surface area contributed by atoms with Crippen LogP contribution in [0.25, 0.3) is 0 Å². The number of rotatable bonds is 5. The molecule has 7 heteroatoms. The molecule has 0 aliphatic heterocycles. The summed E-state index contributed by atoms with van der Waals surface area (Å²) in [5.74, 6) is -0.109. The number of aryl methyl sites for hydroxylation is 1. The number of hydrogen-bond donors (Lipinski definition) is 2. The van der Waals surface area contributed by atoms with Crippen LogP contribution in [0.2, 0.25) is 0 Å². The van der Waals surface area contributed by atoms with Gasteiger partial charge in [0.25, 0.3) is 0 Å². The zero-order valence-electron chi connectivity index (χ0n) is 10.2. The molecule has 18 heavy (non-hydrogen) atoms. The predicted molar refractivity (Wildman–Crippen MR) is 66.4 cm³/mol. The van der Waals surface area contributed by atoms with E-state index in [1.165, 1.54) is 10.9 Å². The molecular weight excluding hydrogens is 232 g/mol. The first-order valence-corrected chi connectivity index (χ1v) is 5.73. The Balaban J connectivity index is 1.81. The molecule has 0 fully saturated rings. The average molecular weight is 248 g/mol. The zero-order chi connectivity index (χ0) is 13.0. The van der Waals surface area contributed by atoms with Crippen molar-refractivity contribution in [2.75, 3.05) is 5.73 Å². The summed E-state index contributed by atoms with van der Waals surface area (Å²) in [5, 5.41) is 10.9. The number of carbonyl (C=O) groups excluding carboxylic acids is 1. The average Bonchev–Trinajstić information content (AvgIpc) is 2.95. The molecule has 0 unspecified atom stereocenters. The predicted octanol–water partition coefficient (Wildman–Crippen LogP) is -0.00190. The molecule has 3 N–H and O–H groups in total. The number of aromatic nitrogens is 4. The summed E-state index contributed by atoms with van der Waals surface area (Å²) < 4.78 is 3.32. The Morgan fingerprint density at radius 1 is 1.33 bits per heavy atom. The van der Waals surface area contributed by atoms with Crippen LogP contribution < -0.4 is 11.1 Å². The summed E-state index contributed by atoms with van der Waals surface area (Å²) in [6.45, 7) is 3.46. The molecule has 0 atom stereocenters. The van der Waals surface area contributed by atoms with E-state index in [2.05, 4.69) is 15.5 Å². The monoisotopic (exact) mass is 248 g/mol. The van der Waals surface area contributed by atoms with Crippen molar-refractivity contribution in [2.24, 2.45) is 0 Å². The lowest BCUT2D eigenvalue weighted by Crippen LogP contribution is -2.27. The number of anilines is 1. The summed E-state index contributed by atoms with van der Waals surface area (Å²) in [6.07, 6.45) is 6.79. The lowest BCUT2D eigenvalue weighted by atomic mass is 10.3. The smallest absolute Gasteiger partial charge is 0.242 e. The number of nitrogens with two attached hydrogens (primary N) is 1. The minimum atomic E-state index is -0.109. The van der Waals surface area contributed by atoms with Crippen molar-refractivity contribution in [1.82, 2.24) is 24.9 Å². The van der Waals surface area contributed by atoms with E-state index in [0.29, 0.717) is 12.2 Å². The largest absolute Gasteiger partial charge is 0.396 e. The first-order chi connectivity index (χ1) is 8.67. The van der Waals surface area contributed by atoms with Gasteiger partial charge in [0.15, 0.2) is 0 Å². The summed E-state index contributed by atoms with van der Waals surface area (Å²) in [7, 11) is 0.